The van der Waals surface area contributed by atoms with Crippen molar-refractivity contribution < 1.29 is 4.79 Å². The largest absolute Gasteiger partial charge is 0.352 e. The summed E-state index contributed by atoms with van der Waals surface area (Å²) in [6.07, 6.45) is 2.03. The molecule has 2 aromatic heterocycles. The van der Waals surface area contributed by atoms with Gasteiger partial charge in [0.15, 0.2) is 0 Å². The lowest BCUT2D eigenvalue weighted by atomic mass is 10.2. The Kier molecular flexibility index (Phi) is 7.47. The van der Waals surface area contributed by atoms with E-state index in [0.29, 0.717) is 6.42 Å². The molecule has 3 heterocycles. The van der Waals surface area contributed by atoms with Gasteiger partial charge in [-0.3, -0.25) is 4.79 Å². The number of nitrogens with zero attached hydrogens (tertiary/aromatic N) is 4. The van der Waals surface area contributed by atoms with E-state index in [0.717, 1.165) is 42.2 Å². The molecule has 1 atom stereocenters. The summed E-state index contributed by atoms with van der Waals surface area (Å²) in [4.78, 5) is 24.8. The summed E-state index contributed by atoms with van der Waals surface area (Å²) in [5.74, 6) is 1.13. The molecule has 1 saturated heterocycles. The second-order valence-corrected chi connectivity index (χ2v) is 6.30. The van der Waals surface area contributed by atoms with Crippen molar-refractivity contribution in [1.29, 1.82) is 0 Å². The molecule has 3 rings (SSSR count). The maximum Gasteiger partial charge on any atom is 0.224 e. The summed E-state index contributed by atoms with van der Waals surface area (Å²) in [5.41, 5.74) is 6.68. The summed E-state index contributed by atoms with van der Waals surface area (Å²) >= 11 is 1.66. The van der Waals surface area contributed by atoms with Crippen molar-refractivity contribution >= 4 is 58.1 Å². The third-order valence-corrected chi connectivity index (χ3v) is 4.55. The second kappa shape index (κ2) is 8.63. The highest BCUT2D eigenvalue weighted by molar-refractivity contribution is 7.17. The second-order valence-electron chi connectivity index (χ2n) is 5.38. The van der Waals surface area contributed by atoms with Crippen LogP contribution in [-0.2, 0) is 4.79 Å². The Labute approximate surface area is 151 Å². The van der Waals surface area contributed by atoms with Gasteiger partial charge in [-0.1, -0.05) is 0 Å². The molecule has 9 heteroatoms. The van der Waals surface area contributed by atoms with Crippen molar-refractivity contribution in [2.75, 3.05) is 31.1 Å². The maximum absolute atomic E-state index is 12.0. The Morgan fingerprint density at radius 2 is 2.00 bits per heavy atom. The molecule has 0 radical (unpaired) electrons. The van der Waals surface area contributed by atoms with Crippen LogP contribution in [0, 0.1) is 0 Å². The zero-order valence-corrected chi connectivity index (χ0v) is 15.3. The van der Waals surface area contributed by atoms with Gasteiger partial charge in [0, 0.05) is 38.6 Å². The zero-order valence-electron chi connectivity index (χ0n) is 12.8. The van der Waals surface area contributed by atoms with Crippen LogP contribution in [0.5, 0.6) is 0 Å². The molecule has 6 nitrogen and oxygen atoms in total. The van der Waals surface area contributed by atoms with Gasteiger partial charge in [0.25, 0.3) is 0 Å². The van der Waals surface area contributed by atoms with Crippen LogP contribution < -0.4 is 10.6 Å². The smallest absolute Gasteiger partial charge is 0.224 e. The van der Waals surface area contributed by atoms with Gasteiger partial charge in [0.2, 0.25) is 5.91 Å². The minimum absolute atomic E-state index is 0. The van der Waals surface area contributed by atoms with Gasteiger partial charge >= 0.3 is 0 Å². The van der Waals surface area contributed by atoms with Crippen molar-refractivity contribution in [3.05, 3.63) is 17.8 Å². The van der Waals surface area contributed by atoms with Crippen molar-refractivity contribution in [3.63, 3.8) is 0 Å². The van der Waals surface area contributed by atoms with E-state index in [1.165, 1.54) is 0 Å². The number of thiophene rings is 1. The monoisotopic (exact) mass is 377 g/mol. The Bertz CT molecular complexity index is 643. The minimum atomic E-state index is -0.0804. The Morgan fingerprint density at radius 3 is 2.65 bits per heavy atom. The topological polar surface area (TPSA) is 75.4 Å². The number of hydrogen-bond donors (Lipinski definition) is 1. The summed E-state index contributed by atoms with van der Waals surface area (Å²) in [6.45, 7) is 4.91. The third-order valence-electron chi connectivity index (χ3n) is 3.65. The van der Waals surface area contributed by atoms with Gasteiger partial charge in [-0.2, -0.15) is 0 Å². The van der Waals surface area contributed by atoms with E-state index in [1.54, 1.807) is 17.7 Å². The quantitative estimate of drug-likeness (QED) is 0.883. The van der Waals surface area contributed by atoms with Crippen LogP contribution >= 0.6 is 36.2 Å². The number of halogens is 2. The number of hydrogen-bond acceptors (Lipinski definition) is 6. The summed E-state index contributed by atoms with van der Waals surface area (Å²) in [7, 11) is 0. The normalized spacial score (nSPS) is 15.7. The van der Waals surface area contributed by atoms with Crippen LogP contribution in [0.3, 0.4) is 0 Å². The van der Waals surface area contributed by atoms with E-state index in [1.807, 2.05) is 23.3 Å². The van der Waals surface area contributed by atoms with Crippen LogP contribution in [0.25, 0.3) is 10.2 Å². The first-order valence-corrected chi connectivity index (χ1v) is 7.99. The number of amides is 1. The highest BCUT2D eigenvalue weighted by Crippen LogP contribution is 2.28. The summed E-state index contributed by atoms with van der Waals surface area (Å²) in [6, 6.07) is 1.93. The fraction of sp³-hybridized carbons (Fsp3) is 0.500. The van der Waals surface area contributed by atoms with Gasteiger partial charge in [0.05, 0.1) is 10.2 Å². The van der Waals surface area contributed by atoms with E-state index in [4.69, 9.17) is 5.73 Å². The first-order chi connectivity index (χ1) is 10.1. The summed E-state index contributed by atoms with van der Waals surface area (Å²) in [5, 5.41) is 2.03. The van der Waals surface area contributed by atoms with Crippen molar-refractivity contribution in [1.82, 2.24) is 14.9 Å². The Morgan fingerprint density at radius 1 is 1.30 bits per heavy atom. The van der Waals surface area contributed by atoms with Crippen LogP contribution in [0.1, 0.15) is 13.3 Å². The number of piperazine rings is 1. The Hall–Kier alpha value is -1.15. The van der Waals surface area contributed by atoms with E-state index < -0.39 is 0 Å². The number of rotatable bonds is 3. The van der Waals surface area contributed by atoms with Gasteiger partial charge in [0.1, 0.15) is 12.1 Å². The van der Waals surface area contributed by atoms with Crippen LogP contribution in [0.15, 0.2) is 17.8 Å². The SMILES string of the molecule is CC(N)CC(=O)N1CCN(c2ncnc3ccsc23)CC1.Cl.Cl. The van der Waals surface area contributed by atoms with Gasteiger partial charge in [-0.25, -0.2) is 9.97 Å². The van der Waals surface area contributed by atoms with Crippen LogP contribution in [0.2, 0.25) is 0 Å². The molecule has 1 amide bonds. The molecule has 2 N–H and O–H groups in total. The Balaban J connectivity index is 0.00000132. The maximum atomic E-state index is 12.0. The zero-order chi connectivity index (χ0) is 14.8. The number of fused-ring (bicyclic) bond motifs is 1. The standard InChI is InChI=1S/C14H19N5OS.2ClH/c1-10(15)8-12(20)18-3-5-19(6-4-18)14-13-11(2-7-21-13)16-9-17-14;;/h2,7,9-10H,3-6,8,15H2,1H3;2*1H. The molecule has 1 aliphatic rings. The number of anilines is 1. The van der Waals surface area contributed by atoms with Crippen molar-refractivity contribution in [2.45, 2.75) is 19.4 Å². The molecule has 2 aromatic rings. The fourth-order valence-corrected chi connectivity index (χ4v) is 3.44. The molecule has 0 spiro atoms. The number of carbonyl (C=O) groups excluding carboxylic acids is 1. The molecule has 0 bridgehead atoms. The van der Waals surface area contributed by atoms with E-state index in [9.17, 15) is 4.79 Å². The average Bonchev–Trinajstić information content (AvgIpc) is 2.95. The van der Waals surface area contributed by atoms with E-state index in [-0.39, 0.29) is 36.8 Å². The first kappa shape index (κ1) is 19.9. The highest BCUT2D eigenvalue weighted by atomic mass is 35.5. The van der Waals surface area contributed by atoms with Crippen molar-refractivity contribution in [2.24, 2.45) is 5.73 Å². The van der Waals surface area contributed by atoms with Crippen LogP contribution in [0.4, 0.5) is 5.82 Å². The molecule has 0 aromatic carbocycles. The predicted octanol–water partition coefficient (Wildman–Crippen LogP) is 1.92. The van der Waals surface area contributed by atoms with Crippen LogP contribution in [-0.4, -0.2) is 53.0 Å². The molecule has 128 valence electrons. The van der Waals surface area contributed by atoms with E-state index in [2.05, 4.69) is 14.9 Å². The predicted molar refractivity (Wildman–Crippen MR) is 99.0 cm³/mol. The molecule has 0 aliphatic carbocycles. The average molecular weight is 378 g/mol. The molecule has 1 fully saturated rings. The molecule has 1 aliphatic heterocycles. The fourth-order valence-electron chi connectivity index (χ4n) is 2.57. The minimum Gasteiger partial charge on any atom is -0.352 e. The third kappa shape index (κ3) is 4.44. The highest BCUT2D eigenvalue weighted by Gasteiger charge is 2.23. The van der Waals surface area contributed by atoms with Crippen molar-refractivity contribution in [3.8, 4) is 0 Å². The number of aromatic nitrogens is 2. The molecule has 1 unspecified atom stereocenters. The molecule has 0 saturated carbocycles. The lowest BCUT2D eigenvalue weighted by molar-refractivity contribution is -0.131. The lowest BCUT2D eigenvalue weighted by Gasteiger charge is -2.35. The number of nitrogens with two attached hydrogens (primary N) is 1. The van der Waals surface area contributed by atoms with Gasteiger partial charge < -0.3 is 15.5 Å². The van der Waals surface area contributed by atoms with Gasteiger partial charge in [-0.15, -0.1) is 36.2 Å². The lowest BCUT2D eigenvalue weighted by Crippen LogP contribution is -2.49. The summed E-state index contributed by atoms with van der Waals surface area (Å²) < 4.78 is 1.12. The van der Waals surface area contributed by atoms with E-state index >= 15 is 0 Å². The first-order valence-electron chi connectivity index (χ1n) is 7.11. The number of carbonyl (C=O) groups is 1. The van der Waals surface area contributed by atoms with Gasteiger partial charge in [-0.05, 0) is 18.4 Å². The molecule has 23 heavy (non-hydrogen) atoms. The molecular formula is C14H21Cl2N5OS. The molecular weight excluding hydrogens is 357 g/mol.